The summed E-state index contributed by atoms with van der Waals surface area (Å²) in [6.45, 7) is 6.71. The SMILES string of the molecule is CC(CC1CCC[Si](C)(C)C1)C(=O)O. The molecule has 1 heterocycles. The van der Waals surface area contributed by atoms with Gasteiger partial charge in [0.25, 0.3) is 0 Å². The van der Waals surface area contributed by atoms with E-state index in [2.05, 4.69) is 13.1 Å². The van der Waals surface area contributed by atoms with E-state index in [1.54, 1.807) is 0 Å². The van der Waals surface area contributed by atoms with Crippen LogP contribution in [0.1, 0.15) is 26.2 Å². The van der Waals surface area contributed by atoms with E-state index in [-0.39, 0.29) is 5.92 Å². The molecule has 0 aliphatic carbocycles. The summed E-state index contributed by atoms with van der Waals surface area (Å²) in [5, 5.41) is 8.85. The Hall–Kier alpha value is -0.313. The van der Waals surface area contributed by atoms with Gasteiger partial charge in [0.05, 0.1) is 5.92 Å². The number of hydrogen-bond acceptors (Lipinski definition) is 1. The van der Waals surface area contributed by atoms with Gasteiger partial charge in [-0.15, -0.1) is 0 Å². The third-order valence-electron chi connectivity index (χ3n) is 3.42. The molecule has 0 amide bonds. The molecule has 82 valence electrons. The number of carboxylic acid groups (broad SMARTS) is 1. The smallest absolute Gasteiger partial charge is 0.306 e. The molecular weight excluding hydrogens is 192 g/mol. The maximum absolute atomic E-state index is 10.7. The van der Waals surface area contributed by atoms with E-state index < -0.39 is 14.0 Å². The topological polar surface area (TPSA) is 37.3 Å². The van der Waals surface area contributed by atoms with Gasteiger partial charge in [-0.2, -0.15) is 0 Å². The van der Waals surface area contributed by atoms with Gasteiger partial charge in [-0.05, 0) is 12.3 Å². The van der Waals surface area contributed by atoms with Crippen molar-refractivity contribution in [3.05, 3.63) is 0 Å². The molecule has 1 fully saturated rings. The maximum Gasteiger partial charge on any atom is 0.306 e. The molecule has 0 bridgehead atoms. The van der Waals surface area contributed by atoms with Crippen molar-refractivity contribution in [2.24, 2.45) is 11.8 Å². The van der Waals surface area contributed by atoms with Crippen molar-refractivity contribution in [1.82, 2.24) is 0 Å². The first kappa shape index (κ1) is 11.8. The zero-order valence-corrected chi connectivity index (χ0v) is 10.5. The van der Waals surface area contributed by atoms with E-state index in [1.165, 1.54) is 24.9 Å². The van der Waals surface area contributed by atoms with Crippen LogP contribution in [0, 0.1) is 11.8 Å². The average molecular weight is 214 g/mol. The Morgan fingerprint density at radius 2 is 2.21 bits per heavy atom. The molecule has 1 aliphatic heterocycles. The minimum Gasteiger partial charge on any atom is -0.481 e. The molecule has 0 spiro atoms. The van der Waals surface area contributed by atoms with Crippen LogP contribution in [-0.4, -0.2) is 19.1 Å². The summed E-state index contributed by atoms with van der Waals surface area (Å²) < 4.78 is 0. The summed E-state index contributed by atoms with van der Waals surface area (Å²) in [5.41, 5.74) is 0. The van der Waals surface area contributed by atoms with Gasteiger partial charge in [0.2, 0.25) is 0 Å². The molecule has 2 nitrogen and oxygen atoms in total. The van der Waals surface area contributed by atoms with Crippen molar-refractivity contribution in [2.75, 3.05) is 0 Å². The molecule has 0 aromatic heterocycles. The molecule has 1 rings (SSSR count). The van der Waals surface area contributed by atoms with Gasteiger partial charge in [-0.1, -0.05) is 44.9 Å². The van der Waals surface area contributed by atoms with Crippen LogP contribution in [0.4, 0.5) is 0 Å². The van der Waals surface area contributed by atoms with E-state index in [0.29, 0.717) is 5.92 Å². The molecule has 0 aromatic carbocycles. The second-order valence-electron chi connectivity index (χ2n) is 5.60. The Balaban J connectivity index is 2.42. The van der Waals surface area contributed by atoms with Gasteiger partial charge in [0, 0.05) is 8.07 Å². The van der Waals surface area contributed by atoms with Crippen LogP contribution in [0.2, 0.25) is 25.2 Å². The van der Waals surface area contributed by atoms with Crippen LogP contribution < -0.4 is 0 Å². The second kappa shape index (κ2) is 4.47. The standard InChI is InChI=1S/C11H22O2Si/c1-9(11(12)13)7-10-5-4-6-14(2,3)8-10/h9-10H,4-8H2,1-3H3,(H,12,13). The summed E-state index contributed by atoms with van der Waals surface area (Å²) in [6, 6.07) is 2.77. The highest BCUT2D eigenvalue weighted by Crippen LogP contribution is 2.35. The highest BCUT2D eigenvalue weighted by atomic mass is 28.3. The second-order valence-corrected chi connectivity index (χ2v) is 10.8. The Morgan fingerprint density at radius 1 is 1.57 bits per heavy atom. The normalized spacial score (nSPS) is 28.4. The highest BCUT2D eigenvalue weighted by molar-refractivity contribution is 6.77. The fourth-order valence-corrected chi connectivity index (χ4v) is 5.96. The first-order valence-electron chi connectivity index (χ1n) is 5.63. The maximum atomic E-state index is 10.7. The molecular formula is C11H22O2Si. The first-order chi connectivity index (χ1) is 6.41. The fraction of sp³-hybridized carbons (Fsp3) is 0.909. The molecule has 0 saturated carbocycles. The first-order valence-corrected chi connectivity index (χ1v) is 9.05. The molecule has 1 N–H and O–H groups in total. The fourth-order valence-electron chi connectivity index (χ4n) is 2.66. The van der Waals surface area contributed by atoms with E-state index in [0.717, 1.165) is 6.42 Å². The zero-order valence-electron chi connectivity index (χ0n) is 9.55. The molecule has 3 heteroatoms. The summed E-state index contributed by atoms with van der Waals surface area (Å²) >= 11 is 0. The summed E-state index contributed by atoms with van der Waals surface area (Å²) in [4.78, 5) is 10.7. The Kier molecular flexibility index (Phi) is 3.76. The van der Waals surface area contributed by atoms with E-state index in [9.17, 15) is 4.79 Å². The van der Waals surface area contributed by atoms with E-state index in [1.807, 2.05) is 6.92 Å². The number of rotatable bonds is 3. The van der Waals surface area contributed by atoms with Crippen molar-refractivity contribution < 1.29 is 9.90 Å². The average Bonchev–Trinajstić information content (AvgIpc) is 2.01. The van der Waals surface area contributed by atoms with Crippen LogP contribution in [0.3, 0.4) is 0 Å². The van der Waals surface area contributed by atoms with Crippen LogP contribution in [0.5, 0.6) is 0 Å². The minimum atomic E-state index is -0.948. The third kappa shape index (κ3) is 3.44. The lowest BCUT2D eigenvalue weighted by Gasteiger charge is -2.34. The number of hydrogen-bond donors (Lipinski definition) is 1. The minimum absolute atomic E-state index is 0.150. The van der Waals surface area contributed by atoms with Crippen LogP contribution >= 0.6 is 0 Å². The van der Waals surface area contributed by atoms with Crippen LogP contribution in [-0.2, 0) is 4.79 Å². The van der Waals surface area contributed by atoms with Gasteiger partial charge >= 0.3 is 5.97 Å². The predicted octanol–water partition coefficient (Wildman–Crippen LogP) is 3.22. The van der Waals surface area contributed by atoms with Crippen LogP contribution in [0.25, 0.3) is 0 Å². The van der Waals surface area contributed by atoms with Gasteiger partial charge in [-0.3, -0.25) is 4.79 Å². The zero-order chi connectivity index (χ0) is 10.8. The van der Waals surface area contributed by atoms with Gasteiger partial charge < -0.3 is 5.11 Å². The Morgan fingerprint density at radius 3 is 2.71 bits per heavy atom. The number of carbonyl (C=O) groups is 1. The molecule has 14 heavy (non-hydrogen) atoms. The van der Waals surface area contributed by atoms with Crippen molar-refractivity contribution in [3.63, 3.8) is 0 Å². The van der Waals surface area contributed by atoms with Crippen molar-refractivity contribution >= 4 is 14.0 Å². The van der Waals surface area contributed by atoms with Crippen LogP contribution in [0.15, 0.2) is 0 Å². The Bertz CT molecular complexity index is 213. The molecule has 2 atom stereocenters. The van der Waals surface area contributed by atoms with Crippen molar-refractivity contribution in [1.29, 1.82) is 0 Å². The summed E-state index contributed by atoms with van der Waals surface area (Å²) in [5.74, 6) is -0.0885. The Labute approximate surface area is 87.7 Å². The lowest BCUT2D eigenvalue weighted by molar-refractivity contribution is -0.141. The van der Waals surface area contributed by atoms with Gasteiger partial charge in [0.15, 0.2) is 0 Å². The predicted molar refractivity (Wildman–Crippen MR) is 61.2 cm³/mol. The summed E-state index contributed by atoms with van der Waals surface area (Å²) in [7, 11) is -0.948. The molecule has 2 unspecified atom stereocenters. The highest BCUT2D eigenvalue weighted by Gasteiger charge is 2.31. The summed E-state index contributed by atoms with van der Waals surface area (Å²) in [6.07, 6.45) is 3.48. The van der Waals surface area contributed by atoms with Crippen molar-refractivity contribution in [3.8, 4) is 0 Å². The van der Waals surface area contributed by atoms with E-state index in [4.69, 9.17) is 5.11 Å². The molecule has 0 radical (unpaired) electrons. The van der Waals surface area contributed by atoms with E-state index >= 15 is 0 Å². The largest absolute Gasteiger partial charge is 0.481 e. The van der Waals surface area contributed by atoms with Gasteiger partial charge in [-0.25, -0.2) is 0 Å². The number of aliphatic carboxylic acids is 1. The lowest BCUT2D eigenvalue weighted by atomic mass is 9.93. The molecule has 0 aromatic rings. The van der Waals surface area contributed by atoms with Gasteiger partial charge in [0.1, 0.15) is 0 Å². The lowest BCUT2D eigenvalue weighted by Crippen LogP contribution is -2.33. The molecule has 1 saturated heterocycles. The van der Waals surface area contributed by atoms with Crippen molar-refractivity contribution in [2.45, 2.75) is 51.4 Å². The third-order valence-corrected chi connectivity index (χ3v) is 6.81. The monoisotopic (exact) mass is 214 g/mol. The molecule has 1 aliphatic rings. The number of carboxylic acids is 1. The quantitative estimate of drug-likeness (QED) is 0.732.